The zero-order valence-electron chi connectivity index (χ0n) is 11.7. The van der Waals surface area contributed by atoms with Gasteiger partial charge in [0.2, 0.25) is 0 Å². The number of nitrogens with zero attached hydrogens (tertiary/aromatic N) is 2. The van der Waals surface area contributed by atoms with E-state index in [1.807, 2.05) is 0 Å². The fourth-order valence-electron chi connectivity index (χ4n) is 2.05. The number of imide groups is 1. The molecule has 116 valence electrons. The van der Waals surface area contributed by atoms with Crippen molar-refractivity contribution in [2.24, 2.45) is 0 Å². The summed E-state index contributed by atoms with van der Waals surface area (Å²) in [5.41, 5.74) is 1.10. The van der Waals surface area contributed by atoms with Gasteiger partial charge in [-0.2, -0.15) is 0 Å². The van der Waals surface area contributed by atoms with E-state index in [2.05, 4.69) is 4.98 Å². The Kier molecular flexibility index (Phi) is 4.45. The molecule has 0 aliphatic carbocycles. The number of halogens is 2. The van der Waals surface area contributed by atoms with Gasteiger partial charge < -0.3 is 0 Å². The average Bonchev–Trinajstić information content (AvgIpc) is 2.78. The molecule has 0 spiro atoms. The molecule has 7 heteroatoms. The number of thioether (sulfide) groups is 1. The van der Waals surface area contributed by atoms with Crippen molar-refractivity contribution in [2.75, 3.05) is 0 Å². The molecule has 2 amide bonds. The Balaban J connectivity index is 1.83. The molecule has 0 bridgehead atoms. The molecule has 0 unspecified atom stereocenters. The maximum atomic E-state index is 13.1. The summed E-state index contributed by atoms with van der Waals surface area (Å²) in [7, 11) is 0. The molecule has 1 aromatic carbocycles. The van der Waals surface area contributed by atoms with Crippen molar-refractivity contribution in [1.29, 1.82) is 0 Å². The van der Waals surface area contributed by atoms with E-state index in [1.165, 1.54) is 12.1 Å². The Labute approximate surface area is 141 Å². The van der Waals surface area contributed by atoms with E-state index in [4.69, 9.17) is 11.6 Å². The van der Waals surface area contributed by atoms with Crippen LogP contribution in [0.3, 0.4) is 0 Å². The van der Waals surface area contributed by atoms with Crippen LogP contribution in [-0.4, -0.2) is 21.0 Å². The molecule has 1 aliphatic heterocycles. The lowest BCUT2D eigenvalue weighted by Gasteiger charge is -2.13. The van der Waals surface area contributed by atoms with Crippen LogP contribution < -0.4 is 0 Å². The van der Waals surface area contributed by atoms with Gasteiger partial charge in [0.1, 0.15) is 5.82 Å². The number of amides is 2. The van der Waals surface area contributed by atoms with Gasteiger partial charge in [-0.1, -0.05) is 23.7 Å². The monoisotopic (exact) mass is 348 g/mol. The highest BCUT2D eigenvalue weighted by Crippen LogP contribution is 2.33. The van der Waals surface area contributed by atoms with Gasteiger partial charge in [-0.15, -0.1) is 0 Å². The van der Waals surface area contributed by atoms with E-state index in [9.17, 15) is 14.0 Å². The van der Waals surface area contributed by atoms with Gasteiger partial charge in [-0.3, -0.25) is 19.5 Å². The van der Waals surface area contributed by atoms with Crippen LogP contribution in [0.2, 0.25) is 5.02 Å². The standard InChI is InChI=1S/C16H10ClFN2O2S/c17-13-7-11(18)5-4-10(13)9-20-15(21)14(23-16(20)22)8-12-3-1-2-6-19-12/h1-8H,9H2/b14-8+. The van der Waals surface area contributed by atoms with Gasteiger partial charge in [0, 0.05) is 11.2 Å². The van der Waals surface area contributed by atoms with Crippen molar-refractivity contribution in [1.82, 2.24) is 9.88 Å². The Morgan fingerprint density at radius 1 is 1.26 bits per heavy atom. The number of carbonyl (C=O) groups is 2. The van der Waals surface area contributed by atoms with E-state index in [1.54, 1.807) is 30.5 Å². The molecule has 23 heavy (non-hydrogen) atoms. The predicted octanol–water partition coefficient (Wildman–Crippen LogP) is 4.11. The molecule has 0 radical (unpaired) electrons. The van der Waals surface area contributed by atoms with Crippen molar-refractivity contribution in [2.45, 2.75) is 6.54 Å². The molecule has 3 rings (SSSR count). The molecule has 1 aliphatic rings. The predicted molar refractivity (Wildman–Crippen MR) is 87.2 cm³/mol. The van der Waals surface area contributed by atoms with E-state index in [0.717, 1.165) is 22.7 Å². The second kappa shape index (κ2) is 6.52. The lowest BCUT2D eigenvalue weighted by molar-refractivity contribution is -0.123. The maximum Gasteiger partial charge on any atom is 0.293 e. The molecular formula is C16H10ClFN2O2S. The van der Waals surface area contributed by atoms with E-state index in [0.29, 0.717) is 16.2 Å². The third-order valence-electron chi connectivity index (χ3n) is 3.18. The molecule has 0 N–H and O–H groups in total. The van der Waals surface area contributed by atoms with E-state index < -0.39 is 17.0 Å². The van der Waals surface area contributed by atoms with Crippen LogP contribution in [-0.2, 0) is 11.3 Å². The molecule has 1 aromatic heterocycles. The highest BCUT2D eigenvalue weighted by Gasteiger charge is 2.35. The minimum Gasteiger partial charge on any atom is -0.268 e. The number of pyridine rings is 1. The number of carbonyl (C=O) groups excluding carboxylic acids is 2. The summed E-state index contributed by atoms with van der Waals surface area (Å²) < 4.78 is 13.1. The second-order valence-corrected chi connectivity index (χ2v) is 6.16. The normalized spacial score (nSPS) is 16.4. The first kappa shape index (κ1) is 15.7. The minimum absolute atomic E-state index is 0.00331. The Bertz CT molecular complexity index is 811. The Morgan fingerprint density at radius 2 is 2.09 bits per heavy atom. The fourth-order valence-corrected chi connectivity index (χ4v) is 3.10. The first-order valence-corrected chi connectivity index (χ1v) is 7.84. The Hall–Kier alpha value is -2.18. The molecule has 0 atom stereocenters. The van der Waals surface area contributed by atoms with Crippen LogP contribution in [0.4, 0.5) is 9.18 Å². The number of benzene rings is 1. The number of hydrogen-bond acceptors (Lipinski definition) is 4. The lowest BCUT2D eigenvalue weighted by Crippen LogP contribution is -2.27. The molecule has 1 fully saturated rings. The molecule has 4 nitrogen and oxygen atoms in total. The van der Waals surface area contributed by atoms with Crippen LogP contribution in [0, 0.1) is 5.82 Å². The van der Waals surface area contributed by atoms with Crippen molar-refractivity contribution in [3.8, 4) is 0 Å². The van der Waals surface area contributed by atoms with Crippen molar-refractivity contribution in [3.63, 3.8) is 0 Å². The third-order valence-corrected chi connectivity index (χ3v) is 4.44. The number of rotatable bonds is 3. The molecular weight excluding hydrogens is 339 g/mol. The highest BCUT2D eigenvalue weighted by atomic mass is 35.5. The van der Waals surface area contributed by atoms with Crippen molar-refractivity contribution >= 4 is 40.6 Å². The quantitative estimate of drug-likeness (QED) is 0.783. The number of aromatic nitrogens is 1. The molecule has 0 saturated carbocycles. The second-order valence-electron chi connectivity index (χ2n) is 4.76. The summed E-state index contributed by atoms with van der Waals surface area (Å²) in [6.45, 7) is 0.00331. The highest BCUT2D eigenvalue weighted by molar-refractivity contribution is 8.18. The van der Waals surface area contributed by atoms with Crippen molar-refractivity contribution < 1.29 is 14.0 Å². The van der Waals surface area contributed by atoms with Gasteiger partial charge in [0.15, 0.2) is 0 Å². The fraction of sp³-hybridized carbons (Fsp3) is 0.0625. The van der Waals surface area contributed by atoms with E-state index >= 15 is 0 Å². The summed E-state index contributed by atoms with van der Waals surface area (Å²) in [6.07, 6.45) is 3.17. The SMILES string of the molecule is O=C1S/C(=C/c2ccccn2)C(=O)N1Cc1ccc(F)cc1Cl. The van der Waals surface area contributed by atoms with Gasteiger partial charge >= 0.3 is 0 Å². The summed E-state index contributed by atoms with van der Waals surface area (Å²) in [4.78, 5) is 29.9. The number of hydrogen-bond donors (Lipinski definition) is 0. The summed E-state index contributed by atoms with van der Waals surface area (Å²) in [6, 6.07) is 9.15. The smallest absolute Gasteiger partial charge is 0.268 e. The summed E-state index contributed by atoms with van der Waals surface area (Å²) >= 11 is 6.80. The van der Waals surface area contributed by atoms with Crippen LogP contribution in [0.15, 0.2) is 47.5 Å². The third kappa shape index (κ3) is 3.43. The first-order valence-electron chi connectivity index (χ1n) is 6.65. The van der Waals surface area contributed by atoms with Gasteiger partial charge in [0.25, 0.3) is 11.1 Å². The van der Waals surface area contributed by atoms with E-state index in [-0.39, 0.29) is 11.6 Å². The average molecular weight is 349 g/mol. The Morgan fingerprint density at radius 3 is 2.78 bits per heavy atom. The van der Waals surface area contributed by atoms with Gasteiger partial charge in [0.05, 0.1) is 17.1 Å². The van der Waals surface area contributed by atoms with Crippen LogP contribution in [0.5, 0.6) is 0 Å². The van der Waals surface area contributed by atoms with Crippen LogP contribution in [0.1, 0.15) is 11.3 Å². The van der Waals surface area contributed by atoms with Crippen LogP contribution in [0.25, 0.3) is 6.08 Å². The zero-order chi connectivity index (χ0) is 16.4. The van der Waals surface area contributed by atoms with Gasteiger partial charge in [-0.25, -0.2) is 4.39 Å². The first-order chi connectivity index (χ1) is 11.0. The topological polar surface area (TPSA) is 50.3 Å². The zero-order valence-corrected chi connectivity index (χ0v) is 13.3. The largest absolute Gasteiger partial charge is 0.293 e. The lowest BCUT2D eigenvalue weighted by atomic mass is 10.2. The molecule has 2 aromatic rings. The minimum atomic E-state index is -0.470. The molecule has 2 heterocycles. The summed E-state index contributed by atoms with van der Waals surface area (Å²) in [5, 5.41) is -0.213. The molecule has 1 saturated heterocycles. The summed E-state index contributed by atoms with van der Waals surface area (Å²) in [5.74, 6) is -0.881. The maximum absolute atomic E-state index is 13.1. The van der Waals surface area contributed by atoms with Gasteiger partial charge in [-0.05, 0) is 47.7 Å². The van der Waals surface area contributed by atoms with Crippen molar-refractivity contribution in [3.05, 3.63) is 69.6 Å². The van der Waals surface area contributed by atoms with Crippen LogP contribution >= 0.6 is 23.4 Å².